The highest BCUT2D eigenvalue weighted by molar-refractivity contribution is 5.49. The van der Waals surface area contributed by atoms with Gasteiger partial charge in [-0.3, -0.25) is 0 Å². The molecule has 1 aromatic carbocycles. The molecule has 0 aliphatic carbocycles. The van der Waals surface area contributed by atoms with Crippen LogP contribution in [0, 0.1) is 11.8 Å². The van der Waals surface area contributed by atoms with Crippen LogP contribution in [0.4, 0.5) is 0 Å². The van der Waals surface area contributed by atoms with Gasteiger partial charge in [-0.25, -0.2) is 0 Å². The summed E-state index contributed by atoms with van der Waals surface area (Å²) in [7, 11) is 0. The summed E-state index contributed by atoms with van der Waals surface area (Å²) < 4.78 is 0. The second kappa shape index (κ2) is 6.35. The van der Waals surface area contributed by atoms with Crippen molar-refractivity contribution in [1.82, 2.24) is 0 Å². The van der Waals surface area contributed by atoms with E-state index < -0.39 is 0 Å². The Balaban J connectivity index is 3.31. The van der Waals surface area contributed by atoms with E-state index >= 15 is 0 Å². The average Bonchev–Trinajstić information content (AvgIpc) is 2.35. The van der Waals surface area contributed by atoms with Gasteiger partial charge in [0.2, 0.25) is 0 Å². The molecule has 1 nitrogen and oxygen atoms in total. The smallest absolute Gasteiger partial charge is 0.104 e. The minimum absolute atomic E-state index is 0.0676. The van der Waals surface area contributed by atoms with Crippen LogP contribution < -0.4 is 0 Å². The van der Waals surface area contributed by atoms with E-state index in [0.717, 1.165) is 24.8 Å². The molecule has 1 aromatic rings. The molecule has 0 fully saturated rings. The number of aryl methyl sites for hydroxylation is 3. The van der Waals surface area contributed by atoms with Crippen LogP contribution in [-0.2, 0) is 19.3 Å². The summed E-state index contributed by atoms with van der Waals surface area (Å²) in [4.78, 5) is 0. The maximum absolute atomic E-state index is 8.78. The van der Waals surface area contributed by atoms with Crippen molar-refractivity contribution in [3.8, 4) is 11.8 Å². The molecule has 0 aromatic heterocycles. The Bertz CT molecular complexity index is 382. The van der Waals surface area contributed by atoms with Gasteiger partial charge in [0.1, 0.15) is 6.61 Å². The van der Waals surface area contributed by atoms with E-state index in [1.54, 1.807) is 0 Å². The second-order valence-electron chi connectivity index (χ2n) is 3.81. The summed E-state index contributed by atoms with van der Waals surface area (Å²) in [5.74, 6) is 5.84. The minimum atomic E-state index is -0.0676. The number of hydrogen-bond donors (Lipinski definition) is 1. The van der Waals surface area contributed by atoms with Crippen molar-refractivity contribution >= 4 is 0 Å². The largest absolute Gasteiger partial charge is 0.384 e. The minimum Gasteiger partial charge on any atom is -0.384 e. The van der Waals surface area contributed by atoms with Crippen molar-refractivity contribution in [2.45, 2.75) is 40.0 Å². The molecule has 0 amide bonds. The van der Waals surface area contributed by atoms with Crippen LogP contribution in [0.25, 0.3) is 0 Å². The van der Waals surface area contributed by atoms with Gasteiger partial charge < -0.3 is 5.11 Å². The highest BCUT2D eigenvalue weighted by Crippen LogP contribution is 2.19. The zero-order valence-electron chi connectivity index (χ0n) is 10.4. The molecule has 0 aliphatic heterocycles. The van der Waals surface area contributed by atoms with E-state index in [-0.39, 0.29) is 6.61 Å². The molecule has 0 saturated heterocycles. The second-order valence-corrected chi connectivity index (χ2v) is 3.81. The lowest BCUT2D eigenvalue weighted by Crippen LogP contribution is -1.98. The Morgan fingerprint density at radius 1 is 1.00 bits per heavy atom. The van der Waals surface area contributed by atoms with Crippen LogP contribution in [0.3, 0.4) is 0 Å². The van der Waals surface area contributed by atoms with Crippen LogP contribution in [0.1, 0.15) is 43.0 Å². The van der Waals surface area contributed by atoms with E-state index in [2.05, 4.69) is 44.7 Å². The first kappa shape index (κ1) is 12.8. The van der Waals surface area contributed by atoms with Crippen molar-refractivity contribution in [3.63, 3.8) is 0 Å². The fourth-order valence-electron chi connectivity index (χ4n) is 1.89. The molecule has 0 atom stereocenters. The molecule has 0 aliphatic rings. The van der Waals surface area contributed by atoms with Gasteiger partial charge in [-0.05, 0) is 36.0 Å². The first-order chi connectivity index (χ1) is 7.76. The number of rotatable bonds is 3. The summed E-state index contributed by atoms with van der Waals surface area (Å²) in [5, 5.41) is 8.78. The van der Waals surface area contributed by atoms with Crippen LogP contribution in [0.2, 0.25) is 0 Å². The van der Waals surface area contributed by atoms with Gasteiger partial charge in [0.25, 0.3) is 0 Å². The predicted molar refractivity (Wildman–Crippen MR) is 68.5 cm³/mol. The molecule has 1 rings (SSSR count). The van der Waals surface area contributed by atoms with Crippen LogP contribution in [-0.4, -0.2) is 11.7 Å². The van der Waals surface area contributed by atoms with Crippen molar-refractivity contribution in [2.24, 2.45) is 0 Å². The van der Waals surface area contributed by atoms with E-state index in [1.807, 2.05) is 0 Å². The summed E-state index contributed by atoms with van der Waals surface area (Å²) in [6, 6.07) is 4.47. The molecular weight excluding hydrogens is 196 g/mol. The topological polar surface area (TPSA) is 20.2 Å². The van der Waals surface area contributed by atoms with Crippen LogP contribution in [0.5, 0.6) is 0 Å². The highest BCUT2D eigenvalue weighted by Gasteiger charge is 2.06. The Morgan fingerprint density at radius 2 is 1.56 bits per heavy atom. The van der Waals surface area contributed by atoms with Gasteiger partial charge in [-0.2, -0.15) is 0 Å². The zero-order chi connectivity index (χ0) is 12.0. The molecule has 1 N–H and O–H groups in total. The lowest BCUT2D eigenvalue weighted by Gasteiger charge is -2.10. The maximum atomic E-state index is 8.78. The Hall–Kier alpha value is -1.26. The lowest BCUT2D eigenvalue weighted by atomic mass is 9.94. The quantitative estimate of drug-likeness (QED) is 0.770. The Morgan fingerprint density at radius 3 is 1.94 bits per heavy atom. The number of aliphatic hydroxyl groups excluding tert-OH is 1. The first-order valence-electron chi connectivity index (χ1n) is 6.01. The molecule has 0 radical (unpaired) electrons. The molecule has 0 heterocycles. The van der Waals surface area contributed by atoms with E-state index in [1.165, 1.54) is 16.7 Å². The number of aliphatic hydroxyl groups is 1. The molecule has 1 heteroatoms. The maximum Gasteiger partial charge on any atom is 0.104 e. The first-order valence-corrected chi connectivity index (χ1v) is 6.01. The zero-order valence-corrected chi connectivity index (χ0v) is 10.4. The van der Waals surface area contributed by atoms with Gasteiger partial charge in [0, 0.05) is 5.56 Å². The fourth-order valence-corrected chi connectivity index (χ4v) is 1.89. The van der Waals surface area contributed by atoms with E-state index in [0.29, 0.717) is 0 Å². The Labute approximate surface area is 98.5 Å². The molecule has 86 valence electrons. The third-order valence-electron chi connectivity index (χ3n) is 2.82. The molecule has 0 bridgehead atoms. The number of hydrogen-bond acceptors (Lipinski definition) is 1. The summed E-state index contributed by atoms with van der Waals surface area (Å²) in [5.41, 5.74) is 5.11. The predicted octanol–water partition coefficient (Wildman–Crippen LogP) is 2.72. The van der Waals surface area contributed by atoms with Gasteiger partial charge in [0.15, 0.2) is 0 Å². The molecule has 16 heavy (non-hydrogen) atoms. The third-order valence-corrected chi connectivity index (χ3v) is 2.82. The van der Waals surface area contributed by atoms with Gasteiger partial charge in [0.05, 0.1) is 0 Å². The highest BCUT2D eigenvalue weighted by atomic mass is 16.2. The summed E-state index contributed by atoms with van der Waals surface area (Å²) >= 11 is 0. The van der Waals surface area contributed by atoms with E-state index in [4.69, 9.17) is 5.11 Å². The van der Waals surface area contributed by atoms with Crippen molar-refractivity contribution in [1.29, 1.82) is 0 Å². The molecule has 0 saturated carbocycles. The summed E-state index contributed by atoms with van der Waals surface area (Å²) in [6.07, 6.45) is 3.06. The van der Waals surface area contributed by atoms with Crippen molar-refractivity contribution in [3.05, 3.63) is 34.4 Å². The average molecular weight is 216 g/mol. The SMILES string of the molecule is CCc1cc(CC)c(C#CCO)c(CC)c1. The molecule has 0 unspecified atom stereocenters. The van der Waals surface area contributed by atoms with Crippen molar-refractivity contribution < 1.29 is 5.11 Å². The van der Waals surface area contributed by atoms with Crippen LogP contribution in [0.15, 0.2) is 12.1 Å². The van der Waals surface area contributed by atoms with Crippen LogP contribution >= 0.6 is 0 Å². The standard InChI is InChI=1S/C15H20O/c1-4-12-10-13(5-2)15(8-7-9-16)14(6-3)11-12/h10-11,16H,4-6,9H2,1-3H3. The van der Waals surface area contributed by atoms with Crippen molar-refractivity contribution in [2.75, 3.05) is 6.61 Å². The third kappa shape index (κ3) is 2.87. The van der Waals surface area contributed by atoms with Gasteiger partial charge in [-0.1, -0.05) is 44.7 Å². The molecule has 0 spiro atoms. The number of benzene rings is 1. The van der Waals surface area contributed by atoms with E-state index in [9.17, 15) is 0 Å². The fraction of sp³-hybridized carbons (Fsp3) is 0.467. The monoisotopic (exact) mass is 216 g/mol. The molecular formula is C15H20O. The van der Waals surface area contributed by atoms with Gasteiger partial charge >= 0.3 is 0 Å². The Kier molecular flexibility index (Phi) is 5.08. The normalized spacial score (nSPS) is 9.75. The summed E-state index contributed by atoms with van der Waals surface area (Å²) in [6.45, 7) is 6.41. The lowest BCUT2D eigenvalue weighted by molar-refractivity contribution is 0.350. The van der Waals surface area contributed by atoms with Gasteiger partial charge in [-0.15, -0.1) is 0 Å².